The first-order valence-electron chi connectivity index (χ1n) is 9.91. The van der Waals surface area contributed by atoms with Gasteiger partial charge >= 0.3 is 0 Å². The van der Waals surface area contributed by atoms with Gasteiger partial charge in [0.1, 0.15) is 12.4 Å². The Balaban J connectivity index is 1.57. The lowest BCUT2D eigenvalue weighted by Crippen LogP contribution is -2.28. The minimum Gasteiger partial charge on any atom is -0.491 e. The van der Waals surface area contributed by atoms with Gasteiger partial charge in [0.05, 0.1) is 17.1 Å². The molecule has 7 heteroatoms. The fourth-order valence-corrected chi connectivity index (χ4v) is 4.22. The summed E-state index contributed by atoms with van der Waals surface area (Å²) in [6.45, 7) is 4.69. The van der Waals surface area contributed by atoms with Crippen LogP contribution in [0.15, 0.2) is 77.7 Å². The van der Waals surface area contributed by atoms with E-state index in [2.05, 4.69) is 5.32 Å². The third kappa shape index (κ3) is 5.44. The molecule has 1 amide bonds. The van der Waals surface area contributed by atoms with Crippen LogP contribution in [0.2, 0.25) is 0 Å². The van der Waals surface area contributed by atoms with E-state index < -0.39 is 10.0 Å². The molecule has 3 rings (SSSR count). The number of aryl methyl sites for hydroxylation is 2. The van der Waals surface area contributed by atoms with Crippen molar-refractivity contribution in [1.82, 2.24) is 5.32 Å². The highest BCUT2D eigenvalue weighted by Gasteiger charge is 2.21. The van der Waals surface area contributed by atoms with Gasteiger partial charge in [-0.2, -0.15) is 0 Å². The Hall–Kier alpha value is -3.32. The maximum Gasteiger partial charge on any atom is 0.264 e. The maximum absolute atomic E-state index is 12.7. The van der Waals surface area contributed by atoms with Gasteiger partial charge in [0.15, 0.2) is 0 Å². The van der Waals surface area contributed by atoms with Gasteiger partial charge in [-0.15, -0.1) is 0 Å². The van der Waals surface area contributed by atoms with Crippen LogP contribution in [0.1, 0.15) is 21.5 Å². The first-order valence-corrected chi connectivity index (χ1v) is 11.4. The molecule has 162 valence electrons. The Bertz CT molecular complexity index is 1140. The number of amides is 1. The first-order chi connectivity index (χ1) is 14.8. The summed E-state index contributed by atoms with van der Waals surface area (Å²) in [5.74, 6) is 0.561. The Morgan fingerprint density at radius 3 is 2.32 bits per heavy atom. The van der Waals surface area contributed by atoms with Crippen molar-refractivity contribution in [2.24, 2.45) is 0 Å². The Morgan fingerprint density at radius 2 is 1.65 bits per heavy atom. The molecule has 0 unspecified atom stereocenters. The largest absolute Gasteiger partial charge is 0.491 e. The summed E-state index contributed by atoms with van der Waals surface area (Å²) in [6.07, 6.45) is 0. The van der Waals surface area contributed by atoms with E-state index in [0.717, 1.165) is 16.9 Å². The number of rotatable bonds is 8. The van der Waals surface area contributed by atoms with Crippen molar-refractivity contribution in [2.45, 2.75) is 18.7 Å². The van der Waals surface area contributed by atoms with E-state index in [-0.39, 0.29) is 10.8 Å². The average molecular weight is 439 g/mol. The fraction of sp³-hybridized carbons (Fsp3) is 0.208. The van der Waals surface area contributed by atoms with Crippen molar-refractivity contribution < 1.29 is 17.9 Å². The predicted molar refractivity (Wildman–Crippen MR) is 122 cm³/mol. The monoisotopic (exact) mass is 438 g/mol. The second-order valence-corrected chi connectivity index (χ2v) is 9.18. The lowest BCUT2D eigenvalue weighted by atomic mass is 10.1. The molecule has 0 saturated carbocycles. The molecule has 0 spiro atoms. The smallest absolute Gasteiger partial charge is 0.264 e. The zero-order valence-electron chi connectivity index (χ0n) is 17.8. The molecule has 6 nitrogen and oxygen atoms in total. The van der Waals surface area contributed by atoms with Crippen molar-refractivity contribution in [1.29, 1.82) is 0 Å². The molecular formula is C24H26N2O4S. The number of nitrogens with one attached hydrogen (secondary N) is 1. The van der Waals surface area contributed by atoms with Crippen molar-refractivity contribution >= 4 is 21.6 Å². The lowest BCUT2D eigenvalue weighted by molar-refractivity contribution is 0.0947. The average Bonchev–Trinajstić information content (AvgIpc) is 2.79. The molecule has 3 aromatic carbocycles. The topological polar surface area (TPSA) is 75.7 Å². The highest BCUT2D eigenvalue weighted by atomic mass is 32.2. The molecule has 0 radical (unpaired) electrons. The summed E-state index contributed by atoms with van der Waals surface area (Å²) < 4.78 is 32.4. The van der Waals surface area contributed by atoms with E-state index in [1.165, 1.54) is 11.4 Å². The number of hydrogen-bond acceptors (Lipinski definition) is 4. The van der Waals surface area contributed by atoms with Gasteiger partial charge in [0.25, 0.3) is 15.9 Å². The van der Waals surface area contributed by atoms with Gasteiger partial charge in [0, 0.05) is 12.6 Å². The van der Waals surface area contributed by atoms with Gasteiger partial charge in [-0.3, -0.25) is 9.10 Å². The maximum atomic E-state index is 12.7. The van der Waals surface area contributed by atoms with Gasteiger partial charge in [-0.25, -0.2) is 8.42 Å². The number of anilines is 1. The van der Waals surface area contributed by atoms with Crippen LogP contribution in [0.4, 0.5) is 5.69 Å². The fourth-order valence-electron chi connectivity index (χ4n) is 3.00. The quantitative estimate of drug-likeness (QED) is 0.541. The molecular weight excluding hydrogens is 412 g/mol. The zero-order chi connectivity index (χ0) is 22.4. The lowest BCUT2D eigenvalue weighted by Gasteiger charge is -2.19. The van der Waals surface area contributed by atoms with Crippen molar-refractivity contribution in [3.05, 3.63) is 89.5 Å². The minimum absolute atomic E-state index is 0.211. The van der Waals surface area contributed by atoms with E-state index in [1.807, 2.05) is 32.0 Å². The third-order valence-corrected chi connectivity index (χ3v) is 6.68. The number of ether oxygens (including phenoxy) is 1. The van der Waals surface area contributed by atoms with Crippen LogP contribution in [0, 0.1) is 13.8 Å². The Labute approximate surface area is 183 Å². The number of carbonyl (C=O) groups excluding carboxylic acids is 1. The van der Waals surface area contributed by atoms with Crippen LogP contribution in [-0.4, -0.2) is 34.5 Å². The van der Waals surface area contributed by atoms with Crippen LogP contribution in [0.25, 0.3) is 0 Å². The standard InChI is InChI=1S/C24H26N2O4S/c1-18-9-10-19(2)23(17-18)30-16-15-25-24(27)20-11-13-21(14-12-20)26(3)31(28,29)22-7-5-4-6-8-22/h4-14,17H,15-16H2,1-3H3,(H,25,27). The molecule has 0 aliphatic carbocycles. The van der Waals surface area contributed by atoms with Crippen molar-refractivity contribution in [3.63, 3.8) is 0 Å². The third-order valence-electron chi connectivity index (χ3n) is 4.88. The summed E-state index contributed by atoms with van der Waals surface area (Å²) in [5.41, 5.74) is 3.07. The molecule has 0 saturated heterocycles. The predicted octanol–water partition coefficient (Wildman–Crippen LogP) is 3.94. The SMILES string of the molecule is Cc1ccc(C)c(OCCNC(=O)c2ccc(N(C)S(=O)(=O)c3ccccc3)cc2)c1. The molecule has 0 aliphatic rings. The van der Waals surface area contributed by atoms with Crippen molar-refractivity contribution in [2.75, 3.05) is 24.5 Å². The molecule has 0 fully saturated rings. The van der Waals surface area contributed by atoms with Gasteiger partial charge in [-0.05, 0) is 67.4 Å². The minimum atomic E-state index is -3.66. The molecule has 0 heterocycles. The number of hydrogen-bond donors (Lipinski definition) is 1. The molecule has 0 atom stereocenters. The summed E-state index contributed by atoms with van der Waals surface area (Å²) >= 11 is 0. The molecule has 3 aromatic rings. The van der Waals surface area contributed by atoms with Gasteiger partial charge < -0.3 is 10.1 Å². The molecule has 0 aromatic heterocycles. The molecule has 1 N–H and O–H groups in total. The van der Waals surface area contributed by atoms with Crippen LogP contribution in [0.5, 0.6) is 5.75 Å². The normalized spacial score (nSPS) is 11.1. The Morgan fingerprint density at radius 1 is 0.968 bits per heavy atom. The number of sulfonamides is 1. The van der Waals surface area contributed by atoms with Crippen molar-refractivity contribution in [3.8, 4) is 5.75 Å². The van der Waals surface area contributed by atoms with E-state index in [1.54, 1.807) is 54.6 Å². The zero-order valence-corrected chi connectivity index (χ0v) is 18.6. The summed E-state index contributed by atoms with van der Waals surface area (Å²) in [7, 11) is -2.17. The summed E-state index contributed by atoms with van der Waals surface area (Å²) in [5, 5.41) is 2.81. The van der Waals surface area contributed by atoms with Gasteiger partial charge in [-0.1, -0.05) is 30.3 Å². The van der Waals surface area contributed by atoms with Gasteiger partial charge in [0.2, 0.25) is 0 Å². The van der Waals surface area contributed by atoms with E-state index >= 15 is 0 Å². The van der Waals surface area contributed by atoms with Crippen LogP contribution < -0.4 is 14.4 Å². The molecule has 31 heavy (non-hydrogen) atoms. The number of carbonyl (C=O) groups is 1. The molecule has 0 aliphatic heterocycles. The number of benzene rings is 3. The van der Waals surface area contributed by atoms with Crippen LogP contribution >= 0.6 is 0 Å². The summed E-state index contributed by atoms with van der Waals surface area (Å²) in [6, 6.07) is 20.6. The first kappa shape index (κ1) is 22.4. The number of nitrogens with zero attached hydrogens (tertiary/aromatic N) is 1. The highest BCUT2D eigenvalue weighted by molar-refractivity contribution is 7.92. The second-order valence-electron chi connectivity index (χ2n) is 7.21. The van der Waals surface area contributed by atoms with E-state index in [4.69, 9.17) is 4.74 Å². The Kier molecular flexibility index (Phi) is 6.97. The van der Waals surface area contributed by atoms with E-state index in [9.17, 15) is 13.2 Å². The second kappa shape index (κ2) is 9.66. The highest BCUT2D eigenvalue weighted by Crippen LogP contribution is 2.22. The molecule has 0 bridgehead atoms. The van der Waals surface area contributed by atoms with Crippen LogP contribution in [0.3, 0.4) is 0 Å². The van der Waals surface area contributed by atoms with E-state index in [0.29, 0.717) is 24.4 Å². The summed E-state index contributed by atoms with van der Waals surface area (Å²) in [4.78, 5) is 12.6. The van der Waals surface area contributed by atoms with Crippen LogP contribution in [-0.2, 0) is 10.0 Å².